The number of methoxy groups -OCH3 is 1. The molecule has 0 amide bonds. The summed E-state index contributed by atoms with van der Waals surface area (Å²) in [6.07, 6.45) is 3.40. The Kier molecular flexibility index (Phi) is 3.12. The van der Waals surface area contributed by atoms with E-state index in [4.69, 9.17) is 10.5 Å². The van der Waals surface area contributed by atoms with E-state index in [0.29, 0.717) is 6.54 Å². The first-order valence-electron chi connectivity index (χ1n) is 4.99. The molecule has 0 radical (unpaired) electrons. The first-order valence-corrected chi connectivity index (χ1v) is 4.99. The number of hydrogen-bond donors (Lipinski definition) is 1. The normalized spacial score (nSPS) is 10.1. The van der Waals surface area contributed by atoms with Gasteiger partial charge >= 0.3 is 0 Å². The fourth-order valence-corrected chi connectivity index (χ4v) is 1.41. The Bertz CT molecular complexity index is 468. The lowest BCUT2D eigenvalue weighted by atomic mass is 10.1. The van der Waals surface area contributed by atoms with Crippen molar-refractivity contribution in [1.82, 2.24) is 9.97 Å². The molecular weight excluding hydrogens is 202 g/mol. The fraction of sp³-hybridized carbons (Fsp3) is 0.167. The van der Waals surface area contributed by atoms with E-state index in [-0.39, 0.29) is 0 Å². The van der Waals surface area contributed by atoms with Crippen molar-refractivity contribution < 1.29 is 4.74 Å². The van der Waals surface area contributed by atoms with Gasteiger partial charge in [0.05, 0.1) is 24.7 Å². The van der Waals surface area contributed by atoms with Gasteiger partial charge < -0.3 is 10.5 Å². The molecule has 1 aromatic heterocycles. The third-order valence-corrected chi connectivity index (χ3v) is 2.28. The van der Waals surface area contributed by atoms with Gasteiger partial charge in [-0.3, -0.25) is 4.98 Å². The van der Waals surface area contributed by atoms with Crippen LogP contribution in [0.5, 0.6) is 5.75 Å². The van der Waals surface area contributed by atoms with Crippen molar-refractivity contribution in [2.45, 2.75) is 6.54 Å². The number of benzene rings is 1. The molecule has 0 aliphatic rings. The summed E-state index contributed by atoms with van der Waals surface area (Å²) in [5.41, 5.74) is 8.13. The molecule has 2 N–H and O–H groups in total. The molecule has 2 rings (SSSR count). The highest BCUT2D eigenvalue weighted by molar-refractivity contribution is 5.59. The monoisotopic (exact) mass is 215 g/mol. The van der Waals surface area contributed by atoms with Crippen LogP contribution in [0.4, 0.5) is 0 Å². The van der Waals surface area contributed by atoms with E-state index >= 15 is 0 Å². The van der Waals surface area contributed by atoms with Gasteiger partial charge in [-0.25, -0.2) is 4.98 Å². The molecule has 0 spiro atoms. The SMILES string of the molecule is COc1ccc(-c2cncc(CN)n2)cc1. The van der Waals surface area contributed by atoms with Crippen molar-refractivity contribution in [3.8, 4) is 17.0 Å². The highest BCUT2D eigenvalue weighted by Gasteiger charge is 2.01. The molecule has 0 aliphatic carbocycles. The minimum atomic E-state index is 0.400. The molecule has 1 aromatic carbocycles. The molecule has 0 saturated heterocycles. The van der Waals surface area contributed by atoms with Crippen molar-refractivity contribution >= 4 is 0 Å². The number of ether oxygens (including phenoxy) is 1. The Morgan fingerprint density at radius 1 is 1.19 bits per heavy atom. The minimum absolute atomic E-state index is 0.400. The predicted molar refractivity (Wildman–Crippen MR) is 61.9 cm³/mol. The van der Waals surface area contributed by atoms with Crippen LogP contribution in [0.1, 0.15) is 5.69 Å². The zero-order chi connectivity index (χ0) is 11.4. The summed E-state index contributed by atoms with van der Waals surface area (Å²) in [5.74, 6) is 0.826. The topological polar surface area (TPSA) is 61.0 Å². The number of hydrogen-bond acceptors (Lipinski definition) is 4. The van der Waals surface area contributed by atoms with E-state index in [9.17, 15) is 0 Å². The second kappa shape index (κ2) is 4.72. The highest BCUT2D eigenvalue weighted by atomic mass is 16.5. The van der Waals surface area contributed by atoms with Crippen LogP contribution >= 0.6 is 0 Å². The van der Waals surface area contributed by atoms with E-state index in [0.717, 1.165) is 22.7 Å². The maximum Gasteiger partial charge on any atom is 0.118 e. The van der Waals surface area contributed by atoms with Crippen LogP contribution < -0.4 is 10.5 Å². The summed E-state index contributed by atoms with van der Waals surface area (Å²) >= 11 is 0. The molecule has 0 unspecified atom stereocenters. The summed E-state index contributed by atoms with van der Waals surface area (Å²) in [7, 11) is 1.64. The van der Waals surface area contributed by atoms with Crippen molar-refractivity contribution in [2.24, 2.45) is 5.73 Å². The average molecular weight is 215 g/mol. The van der Waals surface area contributed by atoms with Crippen LogP contribution in [0.3, 0.4) is 0 Å². The Balaban J connectivity index is 2.34. The molecule has 82 valence electrons. The van der Waals surface area contributed by atoms with Gasteiger partial charge in [-0.15, -0.1) is 0 Å². The average Bonchev–Trinajstić information content (AvgIpc) is 2.39. The van der Waals surface area contributed by atoms with Gasteiger partial charge in [0, 0.05) is 18.3 Å². The van der Waals surface area contributed by atoms with Crippen LogP contribution in [0.15, 0.2) is 36.7 Å². The van der Waals surface area contributed by atoms with E-state index < -0.39 is 0 Å². The molecule has 0 fully saturated rings. The van der Waals surface area contributed by atoms with Crippen LogP contribution in [0, 0.1) is 0 Å². The van der Waals surface area contributed by atoms with E-state index in [2.05, 4.69) is 9.97 Å². The Morgan fingerprint density at radius 3 is 2.56 bits per heavy atom. The molecular formula is C12H13N3O. The van der Waals surface area contributed by atoms with Gasteiger partial charge in [0.1, 0.15) is 5.75 Å². The quantitative estimate of drug-likeness (QED) is 0.845. The molecule has 0 bridgehead atoms. The summed E-state index contributed by atoms with van der Waals surface area (Å²) in [6.45, 7) is 0.400. The lowest BCUT2D eigenvalue weighted by Gasteiger charge is -2.03. The summed E-state index contributed by atoms with van der Waals surface area (Å²) < 4.78 is 5.09. The van der Waals surface area contributed by atoms with Gasteiger partial charge in [-0.2, -0.15) is 0 Å². The highest BCUT2D eigenvalue weighted by Crippen LogP contribution is 2.19. The second-order valence-electron chi connectivity index (χ2n) is 3.33. The Morgan fingerprint density at radius 2 is 1.94 bits per heavy atom. The van der Waals surface area contributed by atoms with Gasteiger partial charge in [-0.1, -0.05) is 0 Å². The zero-order valence-corrected chi connectivity index (χ0v) is 9.05. The first kappa shape index (κ1) is 10.6. The van der Waals surface area contributed by atoms with Crippen molar-refractivity contribution in [1.29, 1.82) is 0 Å². The smallest absolute Gasteiger partial charge is 0.118 e. The van der Waals surface area contributed by atoms with Crippen molar-refractivity contribution in [3.05, 3.63) is 42.4 Å². The van der Waals surface area contributed by atoms with Crippen LogP contribution in [0.25, 0.3) is 11.3 Å². The maximum atomic E-state index is 5.52. The standard InChI is InChI=1S/C12H13N3O/c1-16-11-4-2-9(3-5-11)12-8-14-7-10(6-13)15-12/h2-5,7-8H,6,13H2,1H3. The molecule has 1 heterocycles. The van der Waals surface area contributed by atoms with Crippen molar-refractivity contribution in [2.75, 3.05) is 7.11 Å². The molecule has 0 aliphatic heterocycles. The molecule has 4 heteroatoms. The van der Waals surface area contributed by atoms with E-state index in [1.54, 1.807) is 19.5 Å². The lowest BCUT2D eigenvalue weighted by Crippen LogP contribution is -2.01. The summed E-state index contributed by atoms with van der Waals surface area (Å²) in [6, 6.07) is 7.69. The molecule has 0 atom stereocenters. The predicted octanol–water partition coefficient (Wildman–Crippen LogP) is 1.61. The number of nitrogens with zero attached hydrogens (tertiary/aromatic N) is 2. The van der Waals surface area contributed by atoms with Gasteiger partial charge in [0.25, 0.3) is 0 Å². The first-order chi connectivity index (χ1) is 7.83. The maximum absolute atomic E-state index is 5.52. The number of rotatable bonds is 3. The number of nitrogens with two attached hydrogens (primary N) is 1. The van der Waals surface area contributed by atoms with E-state index in [1.807, 2.05) is 24.3 Å². The fourth-order valence-electron chi connectivity index (χ4n) is 1.41. The zero-order valence-electron chi connectivity index (χ0n) is 9.05. The largest absolute Gasteiger partial charge is 0.497 e. The van der Waals surface area contributed by atoms with Gasteiger partial charge in [0.15, 0.2) is 0 Å². The third kappa shape index (κ3) is 2.17. The van der Waals surface area contributed by atoms with Crippen LogP contribution in [0.2, 0.25) is 0 Å². The summed E-state index contributed by atoms with van der Waals surface area (Å²) in [4.78, 5) is 8.49. The summed E-state index contributed by atoms with van der Waals surface area (Å²) in [5, 5.41) is 0. The molecule has 16 heavy (non-hydrogen) atoms. The van der Waals surface area contributed by atoms with E-state index in [1.165, 1.54) is 0 Å². The third-order valence-electron chi connectivity index (χ3n) is 2.28. The van der Waals surface area contributed by atoms with Gasteiger partial charge in [-0.05, 0) is 24.3 Å². The molecule has 0 saturated carbocycles. The lowest BCUT2D eigenvalue weighted by molar-refractivity contribution is 0.415. The number of aromatic nitrogens is 2. The minimum Gasteiger partial charge on any atom is -0.497 e. The van der Waals surface area contributed by atoms with Crippen LogP contribution in [-0.2, 0) is 6.54 Å². The second-order valence-corrected chi connectivity index (χ2v) is 3.33. The van der Waals surface area contributed by atoms with Crippen LogP contribution in [-0.4, -0.2) is 17.1 Å². The Labute approximate surface area is 94.1 Å². The Hall–Kier alpha value is -1.94. The molecule has 4 nitrogen and oxygen atoms in total. The van der Waals surface area contributed by atoms with Crippen molar-refractivity contribution in [3.63, 3.8) is 0 Å². The molecule has 2 aromatic rings. The van der Waals surface area contributed by atoms with Gasteiger partial charge in [0.2, 0.25) is 0 Å².